The fourth-order valence-corrected chi connectivity index (χ4v) is 2.88. The molecule has 1 N–H and O–H groups in total. The van der Waals surface area contributed by atoms with E-state index in [4.69, 9.17) is 4.74 Å². The Hall–Kier alpha value is -3.15. The number of fused-ring (bicyclic) bond motifs is 1. The molecule has 1 aliphatic heterocycles. The van der Waals surface area contributed by atoms with Crippen molar-refractivity contribution in [3.63, 3.8) is 0 Å². The van der Waals surface area contributed by atoms with Crippen LogP contribution in [0.5, 0.6) is 5.75 Å². The smallest absolute Gasteiger partial charge is 0.258 e. The number of nitrogens with one attached hydrogen (secondary N) is 1. The normalized spacial score (nSPS) is 15.4. The zero-order valence-electron chi connectivity index (χ0n) is 15.3. The van der Waals surface area contributed by atoms with Crippen LogP contribution in [0.1, 0.15) is 24.2 Å². The average Bonchev–Trinajstić information content (AvgIpc) is 2.72. The SMILES string of the molecule is C=CCN1C(=O)C(C)(C)COc2ccc(NC(=O)c3ccccc3F)cc21. The molecule has 27 heavy (non-hydrogen) atoms. The van der Waals surface area contributed by atoms with Gasteiger partial charge in [0.15, 0.2) is 0 Å². The molecule has 2 aromatic carbocycles. The summed E-state index contributed by atoms with van der Waals surface area (Å²) in [4.78, 5) is 26.8. The van der Waals surface area contributed by atoms with Crippen molar-refractivity contribution in [3.05, 3.63) is 66.5 Å². The lowest BCUT2D eigenvalue weighted by Gasteiger charge is -2.27. The van der Waals surface area contributed by atoms with E-state index >= 15 is 0 Å². The molecule has 0 aromatic heterocycles. The highest BCUT2D eigenvalue weighted by atomic mass is 19.1. The summed E-state index contributed by atoms with van der Waals surface area (Å²) in [5.41, 5.74) is 0.228. The zero-order valence-corrected chi connectivity index (χ0v) is 15.3. The number of amides is 2. The zero-order chi connectivity index (χ0) is 19.6. The number of hydrogen-bond donors (Lipinski definition) is 1. The van der Waals surface area contributed by atoms with E-state index in [1.807, 2.05) is 13.8 Å². The Kier molecular flexibility index (Phi) is 4.99. The lowest BCUT2D eigenvalue weighted by Crippen LogP contribution is -2.42. The van der Waals surface area contributed by atoms with Gasteiger partial charge in [-0.15, -0.1) is 6.58 Å². The lowest BCUT2D eigenvalue weighted by molar-refractivity contribution is -0.127. The molecule has 0 spiro atoms. The molecule has 3 rings (SSSR count). The van der Waals surface area contributed by atoms with Crippen LogP contribution in [0.3, 0.4) is 0 Å². The van der Waals surface area contributed by atoms with Crippen LogP contribution >= 0.6 is 0 Å². The van der Waals surface area contributed by atoms with E-state index in [0.29, 0.717) is 23.7 Å². The molecule has 6 heteroatoms. The molecule has 0 bridgehead atoms. The van der Waals surface area contributed by atoms with E-state index in [0.717, 1.165) is 0 Å². The third-order valence-electron chi connectivity index (χ3n) is 4.35. The van der Waals surface area contributed by atoms with Gasteiger partial charge in [0, 0.05) is 12.2 Å². The van der Waals surface area contributed by atoms with Gasteiger partial charge in [0.25, 0.3) is 5.91 Å². The van der Waals surface area contributed by atoms with Crippen molar-refractivity contribution in [2.75, 3.05) is 23.4 Å². The minimum absolute atomic E-state index is 0.0520. The van der Waals surface area contributed by atoms with Crippen LogP contribution in [0.2, 0.25) is 0 Å². The van der Waals surface area contributed by atoms with E-state index in [2.05, 4.69) is 11.9 Å². The number of ether oxygens (including phenoxy) is 1. The molecular formula is C21H21FN2O3. The standard InChI is InChI=1S/C21H21FN2O3/c1-4-11-24-17-12-14(23-19(25)15-7-5-6-8-16(15)22)9-10-18(17)27-13-21(2,3)20(24)26/h4-10,12H,1,11,13H2,2-3H3,(H,23,25). The first-order valence-corrected chi connectivity index (χ1v) is 8.59. The monoisotopic (exact) mass is 368 g/mol. The van der Waals surface area contributed by atoms with Crippen molar-refractivity contribution in [1.82, 2.24) is 0 Å². The van der Waals surface area contributed by atoms with Gasteiger partial charge in [-0.25, -0.2) is 4.39 Å². The summed E-state index contributed by atoms with van der Waals surface area (Å²) in [6, 6.07) is 10.8. The summed E-state index contributed by atoms with van der Waals surface area (Å²) < 4.78 is 19.6. The van der Waals surface area contributed by atoms with E-state index in [1.165, 1.54) is 18.2 Å². The van der Waals surface area contributed by atoms with E-state index < -0.39 is 17.1 Å². The van der Waals surface area contributed by atoms with Gasteiger partial charge in [0.1, 0.15) is 18.2 Å². The summed E-state index contributed by atoms with van der Waals surface area (Å²) >= 11 is 0. The number of rotatable bonds is 4. The second kappa shape index (κ2) is 7.23. The maximum absolute atomic E-state index is 13.8. The highest BCUT2D eigenvalue weighted by Gasteiger charge is 2.37. The number of anilines is 2. The molecule has 140 valence electrons. The molecule has 1 heterocycles. The van der Waals surface area contributed by atoms with Crippen molar-refractivity contribution in [3.8, 4) is 5.75 Å². The van der Waals surface area contributed by atoms with Crippen molar-refractivity contribution in [1.29, 1.82) is 0 Å². The highest BCUT2D eigenvalue weighted by molar-refractivity contribution is 6.05. The quantitative estimate of drug-likeness (QED) is 0.830. The maximum Gasteiger partial charge on any atom is 0.258 e. The van der Waals surface area contributed by atoms with Crippen LogP contribution in [-0.4, -0.2) is 25.0 Å². The van der Waals surface area contributed by atoms with Gasteiger partial charge in [-0.3, -0.25) is 9.59 Å². The second-order valence-electron chi connectivity index (χ2n) is 6.99. The fraction of sp³-hybridized carbons (Fsp3) is 0.238. The van der Waals surface area contributed by atoms with Crippen molar-refractivity contribution < 1.29 is 18.7 Å². The minimum Gasteiger partial charge on any atom is -0.490 e. The molecule has 0 saturated heterocycles. The van der Waals surface area contributed by atoms with E-state index in [-0.39, 0.29) is 18.1 Å². The Morgan fingerprint density at radius 1 is 1.33 bits per heavy atom. The molecule has 0 unspecified atom stereocenters. The fourth-order valence-electron chi connectivity index (χ4n) is 2.88. The van der Waals surface area contributed by atoms with Crippen molar-refractivity contribution in [2.24, 2.45) is 5.41 Å². The third-order valence-corrected chi connectivity index (χ3v) is 4.35. The number of benzene rings is 2. The van der Waals surface area contributed by atoms with Gasteiger partial charge in [-0.1, -0.05) is 18.2 Å². The average molecular weight is 368 g/mol. The topological polar surface area (TPSA) is 58.6 Å². The molecule has 0 fully saturated rings. The van der Waals surface area contributed by atoms with Gasteiger partial charge < -0.3 is 15.0 Å². The van der Waals surface area contributed by atoms with Crippen LogP contribution in [0.25, 0.3) is 0 Å². The van der Waals surface area contributed by atoms with E-state index in [9.17, 15) is 14.0 Å². The van der Waals surface area contributed by atoms with Crippen LogP contribution in [0.4, 0.5) is 15.8 Å². The number of carbonyl (C=O) groups is 2. The summed E-state index contributed by atoms with van der Waals surface area (Å²) in [5, 5.41) is 2.67. The third kappa shape index (κ3) is 3.69. The number of halogens is 1. The minimum atomic E-state index is -0.696. The molecular weight excluding hydrogens is 347 g/mol. The molecule has 2 amide bonds. The van der Waals surface area contributed by atoms with Crippen LogP contribution in [0.15, 0.2) is 55.1 Å². The molecule has 2 aromatic rings. The Morgan fingerprint density at radius 2 is 2.07 bits per heavy atom. The Labute approximate surface area is 157 Å². The van der Waals surface area contributed by atoms with E-state index in [1.54, 1.807) is 35.2 Å². The first kappa shape index (κ1) is 18.6. The highest BCUT2D eigenvalue weighted by Crippen LogP contribution is 2.38. The Morgan fingerprint density at radius 3 is 2.78 bits per heavy atom. The summed E-state index contributed by atoms with van der Waals surface area (Å²) in [6.07, 6.45) is 1.63. The number of carbonyl (C=O) groups excluding carboxylic acids is 2. The molecule has 0 radical (unpaired) electrons. The molecule has 5 nitrogen and oxygen atoms in total. The Balaban J connectivity index is 1.95. The van der Waals surface area contributed by atoms with Crippen LogP contribution in [-0.2, 0) is 4.79 Å². The van der Waals surface area contributed by atoms with Gasteiger partial charge in [-0.05, 0) is 44.2 Å². The predicted octanol–water partition coefficient (Wildman–Crippen LogP) is 4.02. The van der Waals surface area contributed by atoms with Crippen LogP contribution < -0.4 is 15.0 Å². The molecule has 0 aliphatic carbocycles. The van der Waals surface area contributed by atoms with Crippen LogP contribution in [0, 0.1) is 11.2 Å². The first-order valence-electron chi connectivity index (χ1n) is 8.59. The van der Waals surface area contributed by atoms with Gasteiger partial charge >= 0.3 is 0 Å². The molecule has 1 aliphatic rings. The van der Waals surface area contributed by atoms with Crippen molar-refractivity contribution >= 4 is 23.2 Å². The second-order valence-corrected chi connectivity index (χ2v) is 6.99. The molecule has 0 saturated carbocycles. The van der Waals surface area contributed by atoms with Gasteiger partial charge in [-0.2, -0.15) is 0 Å². The molecule has 0 atom stereocenters. The van der Waals surface area contributed by atoms with Gasteiger partial charge in [0.2, 0.25) is 5.91 Å². The predicted molar refractivity (Wildman–Crippen MR) is 103 cm³/mol. The Bertz CT molecular complexity index is 908. The van der Waals surface area contributed by atoms with Crippen molar-refractivity contribution in [2.45, 2.75) is 13.8 Å². The number of nitrogens with zero attached hydrogens (tertiary/aromatic N) is 1. The number of hydrogen-bond acceptors (Lipinski definition) is 3. The summed E-state index contributed by atoms with van der Waals surface area (Å²) in [7, 11) is 0. The summed E-state index contributed by atoms with van der Waals surface area (Å²) in [5.74, 6) is -0.721. The lowest BCUT2D eigenvalue weighted by atomic mass is 9.93. The van der Waals surface area contributed by atoms with Gasteiger partial charge in [0.05, 0.1) is 16.7 Å². The largest absolute Gasteiger partial charge is 0.490 e. The first-order chi connectivity index (χ1) is 12.8. The maximum atomic E-state index is 13.8. The summed E-state index contributed by atoms with van der Waals surface area (Å²) in [6.45, 7) is 7.90.